The minimum absolute atomic E-state index is 0.00957. The van der Waals surface area contributed by atoms with E-state index in [9.17, 15) is 14.7 Å². The molecule has 0 aliphatic heterocycles. The number of hydrogen-bond donors (Lipinski definition) is 1. The van der Waals surface area contributed by atoms with Gasteiger partial charge in [-0.1, -0.05) is 80.4 Å². The van der Waals surface area contributed by atoms with Crippen LogP contribution < -0.4 is 4.90 Å². The van der Waals surface area contributed by atoms with E-state index in [0.29, 0.717) is 35.1 Å². The summed E-state index contributed by atoms with van der Waals surface area (Å²) < 4.78 is 4.77. The van der Waals surface area contributed by atoms with Crippen LogP contribution in [-0.4, -0.2) is 46.0 Å². The number of methoxy groups -OCH3 is 1. The molecule has 0 atom stereocenters. The summed E-state index contributed by atoms with van der Waals surface area (Å²) in [7, 11) is 3.24. The van der Waals surface area contributed by atoms with Gasteiger partial charge in [0.1, 0.15) is 11.3 Å². The Morgan fingerprint density at radius 2 is 1.27 bits per heavy atom. The molecule has 8 heteroatoms. The van der Waals surface area contributed by atoms with E-state index < -0.39 is 5.97 Å². The maximum Gasteiger partial charge on any atom is 0.341 e. The zero-order valence-corrected chi connectivity index (χ0v) is 31.2. The van der Waals surface area contributed by atoms with Gasteiger partial charge in [-0.25, -0.2) is 19.7 Å². The highest BCUT2D eigenvalue weighted by atomic mass is 16.5. The quantitative estimate of drug-likeness (QED) is 0.0711. The van der Waals surface area contributed by atoms with E-state index >= 15 is 0 Å². The number of ketones is 1. The highest BCUT2D eigenvalue weighted by molar-refractivity contribution is 6.19. The van der Waals surface area contributed by atoms with Crippen LogP contribution in [0, 0.1) is 27.7 Å². The van der Waals surface area contributed by atoms with Crippen molar-refractivity contribution in [1.29, 1.82) is 0 Å². The van der Waals surface area contributed by atoms with Crippen LogP contribution in [0.3, 0.4) is 0 Å². The van der Waals surface area contributed by atoms with E-state index in [1.54, 1.807) is 0 Å². The molecule has 51 heavy (non-hydrogen) atoms. The standard InChI is InChI=1S/C43H46N4O4/c1-25-11-17-33(27(3)19-25)39-44-40(34-18-12-26(2)20-28(34)4)46-41(45-39)36-22-31(23-37(38(36)49)43(6,7)8)24-47(9)32-15-13-30(14-16-32)21-35(29(5)48)42(50)51-10/h11-23,49H,24H2,1-10H3/b35-21-. The molecule has 8 nitrogen and oxygen atoms in total. The molecule has 1 N–H and O–H groups in total. The summed E-state index contributed by atoms with van der Waals surface area (Å²) in [5.41, 5.74) is 9.74. The third-order valence-electron chi connectivity index (χ3n) is 8.95. The number of Topliss-reactive ketones (excluding diaryl/α,β-unsaturated/α-hetero) is 1. The van der Waals surface area contributed by atoms with Crippen molar-refractivity contribution < 1.29 is 19.4 Å². The lowest BCUT2D eigenvalue weighted by molar-refractivity contribution is -0.137. The Kier molecular flexibility index (Phi) is 10.6. The van der Waals surface area contributed by atoms with E-state index in [4.69, 9.17) is 19.7 Å². The second-order valence-corrected chi connectivity index (χ2v) is 14.3. The van der Waals surface area contributed by atoms with Crippen molar-refractivity contribution in [2.45, 2.75) is 67.3 Å². The van der Waals surface area contributed by atoms with Gasteiger partial charge in [0.05, 0.1) is 12.7 Å². The van der Waals surface area contributed by atoms with Gasteiger partial charge in [0.15, 0.2) is 23.3 Å². The van der Waals surface area contributed by atoms with Gasteiger partial charge in [-0.15, -0.1) is 0 Å². The molecule has 1 heterocycles. The lowest BCUT2D eigenvalue weighted by Crippen LogP contribution is -2.18. The molecule has 0 bridgehead atoms. The van der Waals surface area contributed by atoms with E-state index in [0.717, 1.165) is 50.2 Å². The summed E-state index contributed by atoms with van der Waals surface area (Å²) in [5.74, 6) is 0.594. The number of carbonyl (C=O) groups is 2. The molecule has 0 radical (unpaired) electrons. The molecule has 1 aromatic heterocycles. The smallest absolute Gasteiger partial charge is 0.341 e. The van der Waals surface area contributed by atoms with Crippen molar-refractivity contribution in [2.75, 3.05) is 19.1 Å². The SMILES string of the molecule is COC(=O)/C(=C\c1ccc(N(C)Cc2cc(-c3nc(-c4ccc(C)cc4C)nc(-c4ccc(C)cc4C)n3)c(O)c(C(C)(C)C)c2)cc1)C(C)=O. The average molecular weight is 683 g/mol. The largest absolute Gasteiger partial charge is 0.507 e. The van der Waals surface area contributed by atoms with Gasteiger partial charge in [0.25, 0.3) is 0 Å². The number of aryl methyl sites for hydroxylation is 4. The minimum atomic E-state index is -0.665. The molecule has 5 rings (SSSR count). The first-order valence-corrected chi connectivity index (χ1v) is 17.0. The Morgan fingerprint density at radius 3 is 1.73 bits per heavy atom. The maximum atomic E-state index is 12.1. The zero-order chi connectivity index (χ0) is 37.2. The van der Waals surface area contributed by atoms with Crippen molar-refractivity contribution in [3.8, 4) is 39.9 Å². The first-order chi connectivity index (χ1) is 24.0. The first-order valence-electron chi connectivity index (χ1n) is 17.0. The van der Waals surface area contributed by atoms with Gasteiger partial charge in [-0.05, 0) is 92.6 Å². The fourth-order valence-electron chi connectivity index (χ4n) is 6.17. The van der Waals surface area contributed by atoms with Gasteiger partial charge >= 0.3 is 5.97 Å². The number of rotatable bonds is 9. The second kappa shape index (κ2) is 14.7. The Balaban J connectivity index is 1.61. The van der Waals surface area contributed by atoms with Gasteiger partial charge in [0, 0.05) is 36.0 Å². The highest BCUT2D eigenvalue weighted by Gasteiger charge is 2.25. The molecule has 5 aromatic rings. The number of benzene rings is 4. The van der Waals surface area contributed by atoms with Crippen molar-refractivity contribution in [3.05, 3.63) is 117 Å². The summed E-state index contributed by atoms with van der Waals surface area (Å²) in [5, 5.41) is 11.9. The fraction of sp³-hybridized carbons (Fsp3) is 0.279. The van der Waals surface area contributed by atoms with Crippen molar-refractivity contribution in [3.63, 3.8) is 0 Å². The summed E-state index contributed by atoms with van der Waals surface area (Å²) >= 11 is 0. The molecule has 0 saturated carbocycles. The van der Waals surface area contributed by atoms with Crippen LogP contribution in [0.5, 0.6) is 5.75 Å². The number of nitrogens with zero attached hydrogens (tertiary/aromatic N) is 4. The van der Waals surface area contributed by atoms with Crippen molar-refractivity contribution in [1.82, 2.24) is 15.0 Å². The summed E-state index contributed by atoms with van der Waals surface area (Å²) in [6, 6.07) is 24.0. The monoisotopic (exact) mass is 682 g/mol. The molecule has 0 saturated heterocycles. The molecule has 0 aliphatic carbocycles. The van der Waals surface area contributed by atoms with Gasteiger partial charge in [-0.3, -0.25) is 4.79 Å². The topological polar surface area (TPSA) is 106 Å². The third-order valence-corrected chi connectivity index (χ3v) is 8.95. The molecule has 0 unspecified atom stereocenters. The predicted octanol–water partition coefficient (Wildman–Crippen LogP) is 8.89. The fourth-order valence-corrected chi connectivity index (χ4v) is 6.17. The summed E-state index contributed by atoms with van der Waals surface area (Å²) in [4.78, 5) is 41.2. The molecule has 262 valence electrons. The highest BCUT2D eigenvalue weighted by Crippen LogP contribution is 2.40. The lowest BCUT2D eigenvalue weighted by atomic mass is 9.83. The number of phenolic OH excluding ortho intramolecular Hbond substituents is 1. The van der Waals surface area contributed by atoms with Crippen LogP contribution in [-0.2, 0) is 26.3 Å². The van der Waals surface area contributed by atoms with Crippen molar-refractivity contribution in [2.24, 2.45) is 0 Å². The number of hydrogen-bond acceptors (Lipinski definition) is 8. The minimum Gasteiger partial charge on any atom is -0.507 e. The third kappa shape index (κ3) is 8.23. The summed E-state index contributed by atoms with van der Waals surface area (Å²) in [6.45, 7) is 16.3. The Bertz CT molecular complexity index is 2090. The predicted molar refractivity (Wildman–Crippen MR) is 205 cm³/mol. The molecule has 0 amide bonds. The average Bonchev–Trinajstić information content (AvgIpc) is 3.07. The molecular formula is C43H46N4O4. The molecule has 0 spiro atoms. The number of phenols is 1. The number of aromatic nitrogens is 3. The first kappa shape index (κ1) is 36.6. The molecular weight excluding hydrogens is 636 g/mol. The van der Waals surface area contributed by atoms with Crippen LogP contribution in [0.4, 0.5) is 5.69 Å². The summed E-state index contributed by atoms with van der Waals surface area (Å²) in [6.07, 6.45) is 1.53. The van der Waals surface area contributed by atoms with Crippen LogP contribution >= 0.6 is 0 Å². The van der Waals surface area contributed by atoms with Crippen LogP contribution in [0.15, 0.2) is 78.4 Å². The van der Waals surface area contributed by atoms with E-state index in [-0.39, 0.29) is 22.5 Å². The van der Waals surface area contributed by atoms with Gasteiger partial charge < -0.3 is 14.7 Å². The zero-order valence-electron chi connectivity index (χ0n) is 31.2. The van der Waals surface area contributed by atoms with Gasteiger partial charge in [-0.2, -0.15) is 0 Å². The van der Waals surface area contributed by atoms with Crippen LogP contribution in [0.25, 0.3) is 40.2 Å². The Hall–Kier alpha value is -5.63. The number of esters is 1. The second-order valence-electron chi connectivity index (χ2n) is 14.3. The van der Waals surface area contributed by atoms with Crippen molar-refractivity contribution >= 4 is 23.5 Å². The number of ether oxygens (including phenoxy) is 1. The maximum absolute atomic E-state index is 12.1. The van der Waals surface area contributed by atoms with E-state index in [2.05, 4.69) is 77.6 Å². The number of anilines is 1. The molecule has 4 aromatic carbocycles. The lowest BCUT2D eigenvalue weighted by Gasteiger charge is -2.25. The number of aromatic hydroxyl groups is 1. The molecule has 0 aliphatic rings. The van der Waals surface area contributed by atoms with Crippen LogP contribution in [0.1, 0.15) is 66.6 Å². The van der Waals surface area contributed by atoms with E-state index in [1.165, 1.54) is 20.1 Å². The Labute approximate surface area is 300 Å². The number of carbonyl (C=O) groups excluding carboxylic acids is 2. The van der Waals surface area contributed by atoms with E-state index in [1.807, 2.05) is 55.6 Å². The normalized spacial score (nSPS) is 11.8. The Morgan fingerprint density at radius 1 is 0.765 bits per heavy atom. The van der Waals surface area contributed by atoms with Crippen LogP contribution in [0.2, 0.25) is 0 Å². The van der Waals surface area contributed by atoms with Gasteiger partial charge in [0.2, 0.25) is 0 Å². The molecule has 0 fully saturated rings.